The number of nitrogens with zero attached hydrogens (tertiary/aromatic N) is 2. The van der Waals surface area contributed by atoms with Crippen LogP contribution in [0.25, 0.3) is 10.8 Å². The molecule has 8 atom stereocenters. The van der Waals surface area contributed by atoms with Crippen molar-refractivity contribution in [2.24, 2.45) is 17.8 Å². The van der Waals surface area contributed by atoms with Crippen LogP contribution in [0.1, 0.15) is 103 Å². The highest BCUT2D eigenvalue weighted by molar-refractivity contribution is 6.33. The van der Waals surface area contributed by atoms with Gasteiger partial charge in [0.2, 0.25) is 0 Å². The molecule has 0 radical (unpaired) electrons. The predicted octanol–water partition coefficient (Wildman–Crippen LogP) is 7.12. The minimum Gasteiger partial charge on any atom is -0.477 e. The van der Waals surface area contributed by atoms with Gasteiger partial charge < -0.3 is 24.4 Å². The lowest BCUT2D eigenvalue weighted by atomic mass is 9.48. The Balaban J connectivity index is 0.755. The summed E-state index contributed by atoms with van der Waals surface area (Å²) in [4.78, 5) is 60.9. The van der Waals surface area contributed by atoms with E-state index in [9.17, 15) is 29.4 Å². The molecule has 0 unspecified atom stereocenters. The number of likely N-dealkylation sites (tertiary alicyclic amines) is 2. The van der Waals surface area contributed by atoms with E-state index in [0.29, 0.717) is 107 Å². The van der Waals surface area contributed by atoms with Crippen molar-refractivity contribution < 1.29 is 43.6 Å². The summed E-state index contributed by atoms with van der Waals surface area (Å²) in [5.41, 5.74) is 2.17. The maximum atomic E-state index is 14.2. The summed E-state index contributed by atoms with van der Waals surface area (Å²) in [6.45, 7) is 3.56. The monoisotopic (exact) mass is 956 g/mol. The molecule has 10 aliphatic rings. The Morgan fingerprint density at radius 2 is 1.22 bits per heavy atom. The molecule has 2 spiro atoms. The summed E-state index contributed by atoms with van der Waals surface area (Å²) < 4.78 is 19.0. The fourth-order valence-electron chi connectivity index (χ4n) is 15.8. The second kappa shape index (κ2) is 14.6. The molecule has 68 heavy (non-hydrogen) atoms. The summed E-state index contributed by atoms with van der Waals surface area (Å²) in [6.07, 6.45) is 8.15. The number of esters is 2. The molecule has 7 aliphatic carbocycles. The van der Waals surface area contributed by atoms with E-state index in [-0.39, 0.29) is 54.6 Å². The van der Waals surface area contributed by atoms with Gasteiger partial charge in [-0.25, -0.2) is 0 Å². The molecule has 14 rings (SSSR count). The SMILES string of the molecule is O=C(Cc1cc(Cl)cc2cc(Cl)cc(CC(=O)Oc3ccc4c5c3O[C@H]3C(=O)CC[C@@]6(O)[C@@H](C4)N(CC4CC4)CC[C@]536)c12)Oc1ccc2c3c1C[C@H]1C(=O)CC[C@@]4(O)[C@@H](C2)N(CC2CC2)CC[C@]314. The van der Waals surface area contributed by atoms with Crippen molar-refractivity contribution in [2.75, 3.05) is 26.2 Å². The maximum Gasteiger partial charge on any atom is 0.315 e. The summed E-state index contributed by atoms with van der Waals surface area (Å²) in [5.74, 6) is 1.02. The molecule has 0 amide bonds. The van der Waals surface area contributed by atoms with Gasteiger partial charge in [0.25, 0.3) is 0 Å². The van der Waals surface area contributed by atoms with E-state index >= 15 is 0 Å². The first kappa shape index (κ1) is 42.5. The van der Waals surface area contributed by atoms with Crippen LogP contribution in [-0.2, 0) is 62.1 Å². The van der Waals surface area contributed by atoms with E-state index in [0.717, 1.165) is 54.0 Å². The standard InChI is InChI=1S/C55H54Cl2N2O9/c56-35-17-32-18-36(57)20-34(24-46(63)67-42-8-6-31-22-44-55(65)12-10-40(61)51-53(55,49(31)50(42)68-51)14-16-59(44)27-29-3-4-29)47(32)33(19-35)23-45(62)66-41-7-5-30-21-43-54(64)11-9-39(60)38-25-37(41)48(30)52(38,54)13-15-58(43)26-28-1-2-28/h5-8,17-20,28-29,38,43-44,51,64-65H,1-4,9-16,21-27H2/t38-,43+,44+,51-,52+,53-,54+,55+/m0/s1. The van der Waals surface area contributed by atoms with Gasteiger partial charge in [-0.15, -0.1) is 0 Å². The average Bonchev–Trinajstić information content (AvgIpc) is 4.22. The van der Waals surface area contributed by atoms with Crippen LogP contribution in [-0.4, -0.2) is 99.1 Å². The zero-order valence-corrected chi connectivity index (χ0v) is 39.4. The van der Waals surface area contributed by atoms with E-state index in [1.54, 1.807) is 30.3 Å². The van der Waals surface area contributed by atoms with Crippen LogP contribution in [0, 0.1) is 17.8 Å². The van der Waals surface area contributed by atoms with Crippen molar-refractivity contribution in [3.63, 3.8) is 0 Å². The topological polar surface area (TPSA) is 143 Å². The van der Waals surface area contributed by atoms with Crippen LogP contribution in [0.15, 0.2) is 48.5 Å². The zero-order chi connectivity index (χ0) is 46.2. The van der Waals surface area contributed by atoms with E-state index in [1.165, 1.54) is 25.7 Å². The molecule has 2 N–H and O–H groups in total. The number of ether oxygens (including phenoxy) is 3. The third-order valence-corrected chi connectivity index (χ3v) is 19.3. The Morgan fingerprint density at radius 1 is 0.676 bits per heavy atom. The number of carbonyl (C=O) groups is 4. The van der Waals surface area contributed by atoms with Gasteiger partial charge in [0.1, 0.15) is 11.5 Å². The highest BCUT2D eigenvalue weighted by Crippen LogP contribution is 2.67. The second-order valence-corrected chi connectivity index (χ2v) is 23.2. The van der Waals surface area contributed by atoms with E-state index in [1.807, 2.05) is 18.2 Å². The summed E-state index contributed by atoms with van der Waals surface area (Å²) in [5, 5.41) is 27.6. The number of hydrogen-bond donors (Lipinski definition) is 2. The first-order chi connectivity index (χ1) is 32.8. The first-order valence-corrected chi connectivity index (χ1v) is 25.8. The molecule has 352 valence electrons. The highest BCUT2D eigenvalue weighted by atomic mass is 35.5. The number of Topliss-reactive ketones (excluding diaryl/α,β-unsaturated/α-hetero) is 2. The van der Waals surface area contributed by atoms with Crippen molar-refractivity contribution in [2.45, 2.75) is 137 Å². The van der Waals surface area contributed by atoms with Crippen molar-refractivity contribution >= 4 is 57.5 Å². The average molecular weight is 958 g/mol. The number of aliphatic hydroxyl groups is 2. The van der Waals surface area contributed by atoms with E-state index in [4.69, 9.17) is 37.4 Å². The van der Waals surface area contributed by atoms with Gasteiger partial charge in [-0.2, -0.15) is 0 Å². The third kappa shape index (κ3) is 5.80. The molecule has 3 heterocycles. The van der Waals surface area contributed by atoms with E-state index < -0.39 is 40.1 Å². The minimum absolute atomic E-state index is 0.0334. The predicted molar refractivity (Wildman–Crippen MR) is 252 cm³/mol. The quantitative estimate of drug-likeness (QED) is 0.124. The largest absolute Gasteiger partial charge is 0.477 e. The van der Waals surface area contributed by atoms with Crippen LogP contribution >= 0.6 is 23.2 Å². The summed E-state index contributed by atoms with van der Waals surface area (Å²) in [6, 6.07) is 14.4. The van der Waals surface area contributed by atoms with Crippen molar-refractivity contribution in [3.05, 3.63) is 97.5 Å². The van der Waals surface area contributed by atoms with Crippen molar-refractivity contribution in [1.82, 2.24) is 9.80 Å². The molecule has 3 aliphatic heterocycles. The van der Waals surface area contributed by atoms with Crippen LogP contribution in [0.3, 0.4) is 0 Å². The van der Waals surface area contributed by atoms with Gasteiger partial charge >= 0.3 is 11.9 Å². The minimum atomic E-state index is -1.14. The molecule has 6 fully saturated rings. The Labute approximate surface area is 404 Å². The van der Waals surface area contributed by atoms with Gasteiger partial charge in [-0.3, -0.25) is 29.0 Å². The molecular formula is C55H54Cl2N2O9. The van der Waals surface area contributed by atoms with Gasteiger partial charge in [-0.1, -0.05) is 35.3 Å². The van der Waals surface area contributed by atoms with Gasteiger partial charge in [0.15, 0.2) is 23.4 Å². The Kier molecular flexibility index (Phi) is 9.13. The molecule has 4 bridgehead atoms. The summed E-state index contributed by atoms with van der Waals surface area (Å²) >= 11 is 13.4. The Hall–Kier alpha value is -4.36. The van der Waals surface area contributed by atoms with E-state index in [2.05, 4.69) is 9.80 Å². The summed E-state index contributed by atoms with van der Waals surface area (Å²) in [7, 11) is 0. The number of fused-ring (bicyclic) bond motifs is 1. The molecule has 4 aromatic rings. The number of ketones is 2. The lowest BCUT2D eigenvalue weighted by Gasteiger charge is -2.64. The lowest BCUT2D eigenvalue weighted by molar-refractivity contribution is -0.188. The Bertz CT molecular complexity index is 2780. The van der Waals surface area contributed by atoms with Gasteiger partial charge in [0, 0.05) is 65.0 Å². The fraction of sp³-hybridized carbons (Fsp3) is 0.527. The normalized spacial score (nSPS) is 33.8. The molecule has 4 aromatic carbocycles. The van der Waals surface area contributed by atoms with Crippen LogP contribution in [0.5, 0.6) is 17.2 Å². The van der Waals surface area contributed by atoms with Crippen molar-refractivity contribution in [3.8, 4) is 17.2 Å². The molecule has 13 heteroatoms. The van der Waals surface area contributed by atoms with Gasteiger partial charge in [0.05, 0.1) is 29.5 Å². The number of benzene rings is 4. The first-order valence-electron chi connectivity index (χ1n) is 25.1. The van der Waals surface area contributed by atoms with Crippen molar-refractivity contribution in [1.29, 1.82) is 0 Å². The van der Waals surface area contributed by atoms with Crippen LogP contribution in [0.2, 0.25) is 10.0 Å². The number of hydrogen-bond acceptors (Lipinski definition) is 11. The molecule has 0 aromatic heterocycles. The molecule has 11 nitrogen and oxygen atoms in total. The maximum absolute atomic E-state index is 14.2. The molecular weight excluding hydrogens is 904 g/mol. The number of halogens is 2. The number of carbonyl (C=O) groups excluding carboxylic acids is 4. The van der Waals surface area contributed by atoms with Crippen LogP contribution in [0.4, 0.5) is 0 Å². The fourth-order valence-corrected chi connectivity index (χ4v) is 16.3. The molecule has 2 saturated heterocycles. The lowest BCUT2D eigenvalue weighted by Crippen LogP contribution is -2.76. The van der Waals surface area contributed by atoms with Crippen LogP contribution < -0.4 is 14.2 Å². The van der Waals surface area contributed by atoms with Gasteiger partial charge in [-0.05, 0) is 176 Å². The highest BCUT2D eigenvalue weighted by Gasteiger charge is 2.74. The number of piperidine rings is 2. The number of rotatable bonds is 10. The smallest absolute Gasteiger partial charge is 0.315 e. The zero-order valence-electron chi connectivity index (χ0n) is 37.9. The molecule has 4 saturated carbocycles. The Morgan fingerprint density at radius 3 is 1.84 bits per heavy atom. The second-order valence-electron chi connectivity index (χ2n) is 22.3. The third-order valence-electron chi connectivity index (χ3n) is 18.9.